The summed E-state index contributed by atoms with van der Waals surface area (Å²) >= 11 is 21.9. The van der Waals surface area contributed by atoms with Crippen LogP contribution in [0.5, 0.6) is 23.0 Å². The van der Waals surface area contributed by atoms with E-state index in [-0.39, 0.29) is 24.6 Å². The molecule has 0 amide bonds. The number of rotatable bonds is 2. The number of hydrogen-bond acceptors (Lipinski definition) is 11. The Hall–Kier alpha value is -4.66. The molecule has 0 aromatic heterocycles. The number of hydrogen-bond donors (Lipinski definition) is 1. The lowest BCUT2D eigenvalue weighted by Crippen LogP contribution is -2.49. The Morgan fingerprint density at radius 3 is 1.60 bits per heavy atom. The van der Waals surface area contributed by atoms with Crippen LogP contribution in [0.3, 0.4) is 0 Å². The molecule has 5 aliphatic rings. The van der Waals surface area contributed by atoms with E-state index in [1.54, 1.807) is 18.2 Å². The second-order valence-corrected chi connectivity index (χ2v) is 17.7. The van der Waals surface area contributed by atoms with Crippen LogP contribution in [0, 0.1) is 12.7 Å². The number of nitrogens with zero attached hydrogens (tertiary/aromatic N) is 7. The van der Waals surface area contributed by atoms with E-state index in [4.69, 9.17) is 65.9 Å². The highest BCUT2D eigenvalue weighted by Crippen LogP contribution is 2.40. The average Bonchev–Trinajstić information content (AvgIpc) is 3.40. The van der Waals surface area contributed by atoms with Crippen LogP contribution in [0.1, 0.15) is 18.1 Å². The molecule has 4 aromatic carbocycles. The molecular weight excluding hydrogens is 932 g/mol. The van der Waals surface area contributed by atoms with Gasteiger partial charge >= 0.3 is 20.8 Å². The van der Waals surface area contributed by atoms with Crippen molar-refractivity contribution in [2.24, 2.45) is 9.98 Å². The van der Waals surface area contributed by atoms with Crippen LogP contribution in [-0.4, -0.2) is 122 Å². The maximum Gasteiger partial charge on any atom is 0.536 e. The second-order valence-electron chi connectivity index (χ2n) is 13.5. The first-order valence-corrected chi connectivity index (χ1v) is 23.3. The summed E-state index contributed by atoms with van der Waals surface area (Å²) in [5.41, 5.74) is 3.18. The van der Waals surface area contributed by atoms with Gasteiger partial charge < -0.3 is 29.2 Å². The Kier molecular flexibility index (Phi) is 15.6. The Morgan fingerprint density at radius 2 is 1.19 bits per heavy atom. The van der Waals surface area contributed by atoms with Crippen molar-refractivity contribution in [2.75, 3.05) is 57.7 Å². The van der Waals surface area contributed by atoms with E-state index < -0.39 is 20.8 Å². The molecule has 62 heavy (non-hydrogen) atoms. The number of alkyl halides is 2. The summed E-state index contributed by atoms with van der Waals surface area (Å²) in [5.74, 6) is 4.37. The average molecular weight is 973 g/mol. The molecule has 5 heterocycles. The van der Waals surface area contributed by atoms with Crippen molar-refractivity contribution in [3.8, 4) is 23.0 Å². The van der Waals surface area contributed by atoms with Gasteiger partial charge in [-0.15, -0.1) is 35.6 Å². The molecule has 9 rings (SSSR count). The SMILES string of the molecule is C=[N+]1[CH-]C=[N+](S(=O)(=O)F)[C-]1C.ClCCl.Clc1ccc2c(c1)C(N1CCNCC1)=Nc1ccccc1O2.O=S(=O)(F)N1CCN(C2=Nc3ccccc3Oc3ccc(Cl)cc32)CC1. The van der Waals surface area contributed by atoms with Crippen molar-refractivity contribution in [1.82, 2.24) is 19.4 Å². The maximum atomic E-state index is 13.2. The summed E-state index contributed by atoms with van der Waals surface area (Å²) in [6, 6.07) is 26.2. The van der Waals surface area contributed by atoms with Gasteiger partial charge in [-0.3, -0.25) is 0 Å². The van der Waals surface area contributed by atoms with Crippen molar-refractivity contribution in [2.45, 2.75) is 6.92 Å². The van der Waals surface area contributed by atoms with Crippen molar-refractivity contribution < 1.29 is 42.6 Å². The van der Waals surface area contributed by atoms with Gasteiger partial charge in [-0.2, -0.15) is 12.7 Å². The Bertz CT molecular complexity index is 2610. The molecule has 0 spiro atoms. The van der Waals surface area contributed by atoms with Crippen molar-refractivity contribution in [3.05, 3.63) is 119 Å². The Balaban J connectivity index is 0.000000161. The van der Waals surface area contributed by atoms with Gasteiger partial charge in [0, 0.05) is 68.9 Å². The molecule has 2 saturated heterocycles. The number of benzene rings is 4. The highest BCUT2D eigenvalue weighted by atomic mass is 35.5. The van der Waals surface area contributed by atoms with Gasteiger partial charge in [-0.05, 0) is 67.6 Å². The Morgan fingerprint density at radius 1 is 0.742 bits per heavy atom. The van der Waals surface area contributed by atoms with Crippen LogP contribution in [-0.2, 0) is 20.8 Å². The molecule has 0 bridgehead atoms. The van der Waals surface area contributed by atoms with Crippen LogP contribution < -0.4 is 14.8 Å². The third-order valence-corrected chi connectivity index (χ3v) is 11.9. The van der Waals surface area contributed by atoms with Gasteiger partial charge in [0.15, 0.2) is 11.5 Å². The first kappa shape index (κ1) is 46.8. The smallest absolute Gasteiger partial charge is 0.454 e. The third kappa shape index (κ3) is 11.7. The lowest BCUT2D eigenvalue weighted by atomic mass is 10.1. The fourth-order valence-electron chi connectivity index (χ4n) is 6.58. The van der Waals surface area contributed by atoms with Crippen LogP contribution in [0.2, 0.25) is 10.0 Å². The van der Waals surface area contributed by atoms with E-state index in [2.05, 4.69) is 16.9 Å². The summed E-state index contributed by atoms with van der Waals surface area (Å²) < 4.78 is 83.0. The molecule has 0 unspecified atom stereocenters. The molecule has 2 fully saturated rings. The molecule has 0 atom stereocenters. The molecule has 1 N–H and O–H groups in total. The van der Waals surface area contributed by atoms with Crippen LogP contribution in [0.25, 0.3) is 0 Å². The van der Waals surface area contributed by atoms with Crippen LogP contribution in [0.4, 0.5) is 19.1 Å². The number of para-hydroxylation sites is 4. The summed E-state index contributed by atoms with van der Waals surface area (Å²) in [6.45, 7) is 10.7. The fourth-order valence-corrected chi connectivity index (χ4v) is 8.14. The molecule has 14 nitrogen and oxygen atoms in total. The number of aliphatic imine (C=N–C) groups is 2. The summed E-state index contributed by atoms with van der Waals surface area (Å²) in [6.07, 6.45) is 1.31. The number of ether oxygens (including phenoxy) is 2. The molecule has 0 saturated carbocycles. The van der Waals surface area contributed by atoms with E-state index in [1.807, 2.05) is 71.6 Å². The lowest BCUT2D eigenvalue weighted by molar-refractivity contribution is -0.585. The largest absolute Gasteiger partial charge is 0.536 e. The standard InChI is InChI=1S/C17H15ClFN3O3S.C17H16ClN3O.C5H7FN2O2S.CH2Cl2/c18-12-5-6-15-13(11-12)17(20-14-3-1-2-4-16(14)25-15)21-7-9-22(10-8-21)26(19,23)24;18-12-5-6-15-13(11-12)17(21-9-7-19-8-10-21)20-14-3-1-2-4-16(14)22-15;1-5-7(2)3-4-8(5)11(6,9)10;2-1-3/h1-6,11H,7-10H2;1-6,11,19H,7-10H2;3-4H,2H2,1H3;1H2. The van der Waals surface area contributed by atoms with E-state index in [1.165, 1.54) is 18.0 Å². The fraction of sp³-hybridized carbons (Fsp3) is 0.250. The molecule has 330 valence electrons. The molecule has 22 heteroatoms. The van der Waals surface area contributed by atoms with Crippen LogP contribution in [0.15, 0.2) is 94.9 Å². The van der Waals surface area contributed by atoms with Gasteiger partial charge in [0.2, 0.25) is 6.17 Å². The van der Waals surface area contributed by atoms with Crippen molar-refractivity contribution in [3.63, 3.8) is 0 Å². The molecule has 0 radical (unpaired) electrons. The second kappa shape index (κ2) is 20.7. The lowest BCUT2D eigenvalue weighted by Gasteiger charge is -2.34. The van der Waals surface area contributed by atoms with Gasteiger partial charge in [-0.25, -0.2) is 9.98 Å². The van der Waals surface area contributed by atoms with Gasteiger partial charge in [0.1, 0.15) is 40.8 Å². The summed E-state index contributed by atoms with van der Waals surface area (Å²) in [5, 5.41) is 4.79. The van der Waals surface area contributed by atoms with Crippen molar-refractivity contribution in [1.29, 1.82) is 0 Å². The van der Waals surface area contributed by atoms with Gasteiger partial charge in [-0.1, -0.05) is 62.0 Å². The zero-order valence-electron chi connectivity index (χ0n) is 33.0. The van der Waals surface area contributed by atoms with E-state index in [0.29, 0.717) is 55.7 Å². The van der Waals surface area contributed by atoms with Gasteiger partial charge in [0.05, 0.1) is 16.5 Å². The molecule has 0 aliphatic carbocycles. The molecular formula is C40H40Cl4F2N8O6S2. The summed E-state index contributed by atoms with van der Waals surface area (Å²) in [7, 11) is -9.34. The first-order valence-electron chi connectivity index (χ1n) is 18.8. The highest BCUT2D eigenvalue weighted by molar-refractivity contribution is 7.84. The Labute approximate surface area is 379 Å². The van der Waals surface area contributed by atoms with E-state index in [9.17, 15) is 24.6 Å². The molecule has 4 aromatic rings. The minimum absolute atomic E-state index is 0.0518. The summed E-state index contributed by atoms with van der Waals surface area (Å²) in [4.78, 5) is 13.8. The quantitative estimate of drug-likeness (QED) is 0.0920. The normalized spacial score (nSPS) is 16.9. The predicted octanol–water partition coefficient (Wildman–Crippen LogP) is 7.89. The molecule has 5 aliphatic heterocycles. The minimum Gasteiger partial charge on any atom is -0.454 e. The number of amidine groups is 2. The number of halogens is 6. The highest BCUT2D eigenvalue weighted by Gasteiger charge is 2.32. The maximum absolute atomic E-state index is 13.2. The number of piperazine rings is 2. The topological polar surface area (TPSA) is 139 Å². The first-order chi connectivity index (χ1) is 29.6. The van der Waals surface area contributed by atoms with Crippen LogP contribution >= 0.6 is 46.4 Å². The third-order valence-electron chi connectivity index (χ3n) is 9.60. The predicted molar refractivity (Wildman–Crippen MR) is 239 cm³/mol. The monoisotopic (exact) mass is 970 g/mol. The number of fused-ring (bicyclic) bond motifs is 4. The van der Waals surface area contributed by atoms with E-state index >= 15 is 0 Å². The van der Waals surface area contributed by atoms with Crippen molar-refractivity contribution >= 4 is 103 Å². The zero-order valence-corrected chi connectivity index (χ0v) is 37.6. The minimum atomic E-state index is -4.68. The van der Waals surface area contributed by atoms with E-state index in [0.717, 1.165) is 65.3 Å². The van der Waals surface area contributed by atoms with Gasteiger partial charge in [0.25, 0.3) is 0 Å². The number of nitrogens with one attached hydrogen (secondary N) is 1. The zero-order chi connectivity index (χ0) is 44.6.